The van der Waals surface area contributed by atoms with Crippen LogP contribution in [0.25, 0.3) is 0 Å². The summed E-state index contributed by atoms with van der Waals surface area (Å²) in [6, 6.07) is 18.1. The lowest BCUT2D eigenvalue weighted by atomic mass is 10.0. The Morgan fingerprint density at radius 3 is 1.46 bits per heavy atom. The first kappa shape index (κ1) is 19.2. The summed E-state index contributed by atoms with van der Waals surface area (Å²) in [5.41, 5.74) is 1.60. The minimum atomic E-state index is -1.24. The number of carbonyl (C=O) groups excluding carboxylic acids is 2. The molecular weight excluding hydrogens is 336 g/mol. The first-order chi connectivity index (χ1) is 12.5. The van der Waals surface area contributed by atoms with E-state index >= 15 is 0 Å². The Labute approximate surface area is 151 Å². The van der Waals surface area contributed by atoms with E-state index in [9.17, 15) is 19.5 Å². The average molecular weight is 356 g/mol. The molecule has 0 amide bonds. The van der Waals surface area contributed by atoms with Crippen molar-refractivity contribution in [2.45, 2.75) is 26.1 Å². The van der Waals surface area contributed by atoms with Gasteiger partial charge in [-0.15, -0.1) is 0 Å². The van der Waals surface area contributed by atoms with Crippen LogP contribution < -0.4 is 0 Å². The molecule has 26 heavy (non-hydrogen) atoms. The van der Waals surface area contributed by atoms with Crippen LogP contribution in [0.4, 0.5) is 0 Å². The second-order valence-corrected chi connectivity index (χ2v) is 5.74. The number of esters is 2. The lowest BCUT2D eigenvalue weighted by molar-refractivity contribution is -0.157. The number of carboxylic acids is 1. The number of carbonyl (C=O) groups is 3. The van der Waals surface area contributed by atoms with Gasteiger partial charge in [-0.2, -0.15) is 0 Å². The van der Waals surface area contributed by atoms with E-state index in [4.69, 9.17) is 9.47 Å². The van der Waals surface area contributed by atoms with Crippen LogP contribution in [0.5, 0.6) is 0 Å². The van der Waals surface area contributed by atoms with Gasteiger partial charge in [0, 0.05) is 0 Å². The van der Waals surface area contributed by atoms with Crippen molar-refractivity contribution < 1.29 is 29.0 Å². The molecule has 0 heterocycles. The molecule has 0 radical (unpaired) electrons. The molecule has 1 N–H and O–H groups in total. The van der Waals surface area contributed by atoms with Gasteiger partial charge in [-0.1, -0.05) is 60.7 Å². The van der Waals surface area contributed by atoms with Crippen LogP contribution in [0.3, 0.4) is 0 Å². The quantitative estimate of drug-likeness (QED) is 0.695. The Morgan fingerprint density at radius 1 is 0.731 bits per heavy atom. The van der Waals surface area contributed by atoms with Crippen LogP contribution in [0, 0.1) is 5.92 Å². The standard InChI is InChI=1S/C20H20O6/c21-18(25-13-15-7-3-1-4-8-15)11-17(20(23)24)12-19(22)26-14-16-9-5-2-6-10-16/h1-10,17H,11-14H2,(H,23,24). The van der Waals surface area contributed by atoms with Crippen LogP contribution in [0.1, 0.15) is 24.0 Å². The number of hydrogen-bond donors (Lipinski definition) is 1. The third-order valence-corrected chi connectivity index (χ3v) is 3.66. The minimum Gasteiger partial charge on any atom is -0.481 e. The second kappa shape index (κ2) is 9.98. The third kappa shape index (κ3) is 6.76. The van der Waals surface area contributed by atoms with Gasteiger partial charge >= 0.3 is 17.9 Å². The molecule has 0 atom stereocenters. The summed E-state index contributed by atoms with van der Waals surface area (Å²) in [6.45, 7) is 0.120. The molecule has 2 rings (SSSR count). The number of aliphatic carboxylic acids is 1. The Kier molecular flexibility index (Phi) is 7.36. The summed E-state index contributed by atoms with van der Waals surface area (Å²) >= 11 is 0. The van der Waals surface area contributed by atoms with Crippen molar-refractivity contribution >= 4 is 17.9 Å². The summed E-state index contributed by atoms with van der Waals surface area (Å²) in [5.74, 6) is -3.76. The molecule has 136 valence electrons. The largest absolute Gasteiger partial charge is 0.481 e. The van der Waals surface area contributed by atoms with Crippen LogP contribution in [0.15, 0.2) is 60.7 Å². The molecule has 0 unspecified atom stereocenters. The number of ether oxygens (including phenoxy) is 2. The number of rotatable bonds is 9. The molecular formula is C20H20O6. The molecule has 6 nitrogen and oxygen atoms in total. The number of carboxylic acid groups (broad SMARTS) is 1. The van der Waals surface area contributed by atoms with E-state index in [0.717, 1.165) is 11.1 Å². The average Bonchev–Trinajstić information content (AvgIpc) is 2.66. The van der Waals surface area contributed by atoms with Crippen molar-refractivity contribution in [1.29, 1.82) is 0 Å². The van der Waals surface area contributed by atoms with Gasteiger partial charge in [0.15, 0.2) is 0 Å². The Bertz CT molecular complexity index is 669. The van der Waals surface area contributed by atoms with E-state index in [-0.39, 0.29) is 26.1 Å². The van der Waals surface area contributed by atoms with Crippen LogP contribution >= 0.6 is 0 Å². The van der Waals surface area contributed by atoms with Gasteiger partial charge in [0.1, 0.15) is 13.2 Å². The number of benzene rings is 2. The van der Waals surface area contributed by atoms with E-state index in [1.807, 2.05) is 36.4 Å². The lowest BCUT2D eigenvalue weighted by Crippen LogP contribution is -2.23. The van der Waals surface area contributed by atoms with Gasteiger partial charge in [-0.05, 0) is 11.1 Å². The molecule has 0 saturated carbocycles. The van der Waals surface area contributed by atoms with Crippen molar-refractivity contribution in [2.75, 3.05) is 0 Å². The molecule has 6 heteroatoms. The second-order valence-electron chi connectivity index (χ2n) is 5.74. The van der Waals surface area contributed by atoms with Crippen molar-refractivity contribution in [3.05, 3.63) is 71.8 Å². The van der Waals surface area contributed by atoms with Crippen LogP contribution in [-0.2, 0) is 37.1 Å². The molecule has 0 saturated heterocycles. The highest BCUT2D eigenvalue weighted by atomic mass is 16.5. The molecule has 0 spiro atoms. The SMILES string of the molecule is O=C(CC(CC(=O)OCc1ccccc1)C(=O)O)OCc1ccccc1. The maximum Gasteiger partial charge on any atom is 0.307 e. The normalized spacial score (nSPS) is 10.3. The fourth-order valence-corrected chi connectivity index (χ4v) is 2.24. The van der Waals surface area contributed by atoms with E-state index in [0.29, 0.717) is 0 Å². The van der Waals surface area contributed by atoms with E-state index in [1.165, 1.54) is 0 Å². The zero-order valence-corrected chi connectivity index (χ0v) is 14.2. The monoisotopic (exact) mass is 356 g/mol. The zero-order chi connectivity index (χ0) is 18.8. The highest BCUT2D eigenvalue weighted by molar-refractivity contribution is 5.83. The summed E-state index contributed by atoms with van der Waals surface area (Å²) in [6.07, 6.45) is -0.773. The summed E-state index contributed by atoms with van der Waals surface area (Å²) in [7, 11) is 0. The van der Waals surface area contributed by atoms with Gasteiger partial charge in [0.2, 0.25) is 0 Å². The van der Waals surface area contributed by atoms with E-state index in [1.54, 1.807) is 24.3 Å². The summed E-state index contributed by atoms with van der Waals surface area (Å²) in [5, 5.41) is 9.23. The summed E-state index contributed by atoms with van der Waals surface area (Å²) < 4.78 is 10.1. The van der Waals surface area contributed by atoms with Crippen molar-refractivity contribution in [1.82, 2.24) is 0 Å². The van der Waals surface area contributed by atoms with Gasteiger partial charge in [-0.3, -0.25) is 14.4 Å². The lowest BCUT2D eigenvalue weighted by Gasteiger charge is -2.12. The Morgan fingerprint density at radius 2 is 1.12 bits per heavy atom. The molecule has 2 aromatic rings. The van der Waals surface area contributed by atoms with Crippen LogP contribution in [0.2, 0.25) is 0 Å². The van der Waals surface area contributed by atoms with Crippen molar-refractivity contribution in [3.63, 3.8) is 0 Å². The molecule has 0 bridgehead atoms. The predicted octanol–water partition coefficient (Wildman–Crippen LogP) is 2.95. The minimum absolute atomic E-state index is 0.0600. The highest BCUT2D eigenvalue weighted by Gasteiger charge is 2.26. The Balaban J connectivity index is 1.78. The molecule has 0 aliphatic rings. The predicted molar refractivity (Wildman–Crippen MR) is 92.8 cm³/mol. The third-order valence-electron chi connectivity index (χ3n) is 3.66. The first-order valence-electron chi connectivity index (χ1n) is 8.16. The zero-order valence-electron chi connectivity index (χ0n) is 14.2. The highest BCUT2D eigenvalue weighted by Crippen LogP contribution is 2.13. The van der Waals surface area contributed by atoms with Crippen molar-refractivity contribution in [3.8, 4) is 0 Å². The van der Waals surface area contributed by atoms with Gasteiger partial charge in [0.05, 0.1) is 18.8 Å². The maximum atomic E-state index is 11.9. The van der Waals surface area contributed by atoms with Gasteiger partial charge in [0.25, 0.3) is 0 Å². The molecule has 0 aliphatic carbocycles. The van der Waals surface area contributed by atoms with Gasteiger partial charge in [-0.25, -0.2) is 0 Å². The molecule has 0 aromatic heterocycles. The van der Waals surface area contributed by atoms with E-state index < -0.39 is 23.8 Å². The molecule has 0 aliphatic heterocycles. The number of hydrogen-bond acceptors (Lipinski definition) is 5. The fraction of sp³-hybridized carbons (Fsp3) is 0.250. The summed E-state index contributed by atoms with van der Waals surface area (Å²) in [4.78, 5) is 35.0. The maximum absolute atomic E-state index is 11.9. The molecule has 2 aromatic carbocycles. The Hall–Kier alpha value is -3.15. The van der Waals surface area contributed by atoms with E-state index in [2.05, 4.69) is 0 Å². The van der Waals surface area contributed by atoms with Gasteiger partial charge < -0.3 is 14.6 Å². The first-order valence-corrected chi connectivity index (χ1v) is 8.16. The fourth-order valence-electron chi connectivity index (χ4n) is 2.24. The smallest absolute Gasteiger partial charge is 0.307 e. The van der Waals surface area contributed by atoms with Crippen LogP contribution in [-0.4, -0.2) is 23.0 Å². The molecule has 0 fully saturated rings. The topological polar surface area (TPSA) is 89.9 Å². The van der Waals surface area contributed by atoms with Crippen molar-refractivity contribution in [2.24, 2.45) is 5.92 Å².